The Morgan fingerprint density at radius 1 is 0.970 bits per heavy atom. The van der Waals surface area contributed by atoms with Crippen LogP contribution in [0.25, 0.3) is 11.4 Å². The lowest BCUT2D eigenvalue weighted by atomic mass is 10.1. The zero-order chi connectivity index (χ0) is 23.8. The summed E-state index contributed by atoms with van der Waals surface area (Å²) < 4.78 is 71.5. The van der Waals surface area contributed by atoms with E-state index in [1.165, 1.54) is 4.31 Å². The highest BCUT2D eigenvalue weighted by atomic mass is 32.2. The van der Waals surface area contributed by atoms with E-state index in [-0.39, 0.29) is 55.3 Å². The molecule has 0 aromatic carbocycles. The van der Waals surface area contributed by atoms with Gasteiger partial charge in [-0.1, -0.05) is 0 Å². The van der Waals surface area contributed by atoms with Gasteiger partial charge in [-0.25, -0.2) is 13.4 Å². The third kappa shape index (κ3) is 5.25. The molecule has 0 unspecified atom stereocenters. The van der Waals surface area contributed by atoms with Gasteiger partial charge in [0.2, 0.25) is 21.9 Å². The largest absolute Gasteiger partial charge is 0.417 e. The molecule has 2 aromatic rings. The van der Waals surface area contributed by atoms with Gasteiger partial charge in [0, 0.05) is 45.5 Å². The Bertz CT molecular complexity index is 1120. The van der Waals surface area contributed by atoms with Crippen molar-refractivity contribution in [3.8, 4) is 11.4 Å². The van der Waals surface area contributed by atoms with Crippen LogP contribution in [-0.4, -0.2) is 91.4 Å². The molecule has 0 amide bonds. The van der Waals surface area contributed by atoms with Crippen LogP contribution in [-0.2, 0) is 20.9 Å². The molecule has 2 fully saturated rings. The van der Waals surface area contributed by atoms with E-state index < -0.39 is 21.8 Å². The fourth-order valence-corrected chi connectivity index (χ4v) is 4.45. The summed E-state index contributed by atoms with van der Waals surface area (Å²) in [4.78, 5) is 20.5. The molecule has 180 valence electrons. The lowest BCUT2D eigenvalue weighted by Gasteiger charge is -2.34. The van der Waals surface area contributed by atoms with Crippen molar-refractivity contribution in [2.75, 3.05) is 74.3 Å². The Balaban J connectivity index is 1.76. The average Bonchev–Trinajstić information content (AvgIpc) is 2.78. The van der Waals surface area contributed by atoms with Gasteiger partial charge in [0.15, 0.2) is 5.82 Å². The van der Waals surface area contributed by atoms with Crippen LogP contribution in [0.4, 0.5) is 30.9 Å². The second kappa shape index (κ2) is 8.87. The van der Waals surface area contributed by atoms with E-state index in [2.05, 4.69) is 19.9 Å². The summed E-state index contributed by atoms with van der Waals surface area (Å²) in [6.07, 6.45) is -2.56. The minimum atomic E-state index is -4.70. The first kappa shape index (κ1) is 23.4. The molecule has 2 saturated heterocycles. The summed E-state index contributed by atoms with van der Waals surface area (Å²) in [5.41, 5.74) is 4.18. The van der Waals surface area contributed by atoms with Crippen molar-refractivity contribution in [2.45, 2.75) is 6.18 Å². The zero-order valence-electron chi connectivity index (χ0n) is 17.8. The molecule has 4 heterocycles. The van der Waals surface area contributed by atoms with Crippen LogP contribution < -0.4 is 15.5 Å². The maximum Gasteiger partial charge on any atom is 0.417 e. The highest BCUT2D eigenvalue weighted by Crippen LogP contribution is 2.37. The van der Waals surface area contributed by atoms with Gasteiger partial charge in [-0.2, -0.15) is 32.4 Å². The van der Waals surface area contributed by atoms with E-state index in [9.17, 15) is 21.6 Å². The molecule has 2 aliphatic rings. The number of sulfonamides is 1. The molecule has 0 bridgehead atoms. The number of nitrogens with two attached hydrogens (primary N) is 1. The number of ether oxygens (including phenoxy) is 1. The number of pyridine rings is 1. The number of aromatic nitrogens is 4. The second-order valence-corrected chi connectivity index (χ2v) is 9.64. The summed E-state index contributed by atoms with van der Waals surface area (Å²) in [5.74, 6) is -0.0779. The first-order chi connectivity index (χ1) is 15.5. The smallest absolute Gasteiger partial charge is 0.384 e. The van der Waals surface area contributed by atoms with Gasteiger partial charge in [0.1, 0.15) is 5.82 Å². The molecule has 0 spiro atoms. The molecule has 2 N–H and O–H groups in total. The molecular formula is C18H23F3N8O3S. The number of morpholine rings is 1. The molecule has 0 radical (unpaired) electrons. The van der Waals surface area contributed by atoms with Crippen molar-refractivity contribution in [2.24, 2.45) is 0 Å². The highest BCUT2D eigenvalue weighted by Gasteiger charge is 2.36. The predicted octanol–water partition coefficient (Wildman–Crippen LogP) is 0.453. The van der Waals surface area contributed by atoms with Crippen molar-refractivity contribution in [1.82, 2.24) is 24.2 Å². The van der Waals surface area contributed by atoms with Gasteiger partial charge < -0.3 is 20.3 Å². The van der Waals surface area contributed by atoms with Crippen LogP contribution in [0, 0.1) is 0 Å². The molecule has 0 atom stereocenters. The number of nitrogens with zero attached hydrogens (tertiary/aromatic N) is 7. The van der Waals surface area contributed by atoms with Gasteiger partial charge >= 0.3 is 6.18 Å². The van der Waals surface area contributed by atoms with Crippen molar-refractivity contribution in [1.29, 1.82) is 0 Å². The van der Waals surface area contributed by atoms with Crippen LogP contribution in [0.2, 0.25) is 0 Å². The lowest BCUT2D eigenvalue weighted by molar-refractivity contribution is -0.137. The number of nitrogen functional groups attached to an aromatic ring is 1. The van der Waals surface area contributed by atoms with Crippen molar-refractivity contribution >= 4 is 27.7 Å². The standard InChI is InChI=1S/C18H23F3N8O3S/c1-33(30,31)29-4-2-27(3-5-29)16-24-15(25-17(26-16)28-6-8-32-9-7-28)12-11-23-14(22)10-13(12)18(19,20)21/h10-11H,2-9H2,1H3,(H2,22,23). The number of alkyl halides is 3. The molecule has 15 heteroatoms. The quantitative estimate of drug-likeness (QED) is 0.647. The average molecular weight is 488 g/mol. The minimum absolute atomic E-state index is 0.166. The maximum absolute atomic E-state index is 13.7. The number of halogens is 3. The fourth-order valence-electron chi connectivity index (χ4n) is 3.62. The van der Waals surface area contributed by atoms with Crippen LogP contribution in [0.5, 0.6) is 0 Å². The van der Waals surface area contributed by atoms with E-state index in [1.807, 2.05) is 4.90 Å². The van der Waals surface area contributed by atoms with Gasteiger partial charge in [0.25, 0.3) is 0 Å². The normalized spacial score (nSPS) is 18.5. The molecule has 0 saturated carbocycles. The van der Waals surface area contributed by atoms with Gasteiger partial charge in [-0.05, 0) is 6.07 Å². The first-order valence-corrected chi connectivity index (χ1v) is 12.0. The first-order valence-electron chi connectivity index (χ1n) is 10.1. The number of piperazine rings is 1. The predicted molar refractivity (Wildman–Crippen MR) is 114 cm³/mol. The Morgan fingerprint density at radius 2 is 1.55 bits per heavy atom. The summed E-state index contributed by atoms with van der Waals surface area (Å²) in [6.45, 7) is 2.79. The van der Waals surface area contributed by atoms with Gasteiger partial charge in [0.05, 0.1) is 30.6 Å². The van der Waals surface area contributed by atoms with Crippen molar-refractivity contribution in [3.05, 3.63) is 17.8 Å². The van der Waals surface area contributed by atoms with Crippen LogP contribution in [0.3, 0.4) is 0 Å². The number of rotatable bonds is 4. The van der Waals surface area contributed by atoms with Gasteiger partial charge in [-0.15, -0.1) is 0 Å². The van der Waals surface area contributed by atoms with Crippen LogP contribution in [0.1, 0.15) is 5.56 Å². The molecule has 2 aromatic heterocycles. The van der Waals surface area contributed by atoms with E-state index in [4.69, 9.17) is 10.5 Å². The third-order valence-corrected chi connectivity index (χ3v) is 6.67. The lowest BCUT2D eigenvalue weighted by Crippen LogP contribution is -2.49. The molecule has 0 aliphatic carbocycles. The Labute approximate surface area is 188 Å². The van der Waals surface area contributed by atoms with E-state index in [0.717, 1.165) is 18.5 Å². The SMILES string of the molecule is CS(=O)(=O)N1CCN(c2nc(-c3cnc(N)cc3C(F)(F)F)nc(N3CCOCC3)n2)CC1. The highest BCUT2D eigenvalue weighted by molar-refractivity contribution is 7.88. The summed E-state index contributed by atoms with van der Waals surface area (Å²) in [5, 5.41) is 0. The minimum Gasteiger partial charge on any atom is -0.384 e. The molecule has 2 aliphatic heterocycles. The summed E-state index contributed by atoms with van der Waals surface area (Å²) >= 11 is 0. The second-order valence-electron chi connectivity index (χ2n) is 7.66. The topological polar surface area (TPSA) is 131 Å². The van der Waals surface area contributed by atoms with E-state index >= 15 is 0 Å². The number of hydrogen-bond acceptors (Lipinski definition) is 10. The number of hydrogen-bond donors (Lipinski definition) is 1. The third-order valence-electron chi connectivity index (χ3n) is 5.37. The maximum atomic E-state index is 13.7. The fraction of sp³-hybridized carbons (Fsp3) is 0.556. The van der Waals surface area contributed by atoms with Gasteiger partial charge in [-0.3, -0.25) is 0 Å². The molecular weight excluding hydrogens is 465 g/mol. The molecule has 33 heavy (non-hydrogen) atoms. The van der Waals surface area contributed by atoms with Crippen molar-refractivity contribution in [3.63, 3.8) is 0 Å². The van der Waals surface area contributed by atoms with Crippen LogP contribution in [0.15, 0.2) is 12.3 Å². The molecule has 11 nitrogen and oxygen atoms in total. The van der Waals surface area contributed by atoms with E-state index in [1.54, 1.807) is 4.90 Å². The number of anilines is 3. The van der Waals surface area contributed by atoms with Crippen molar-refractivity contribution < 1.29 is 26.3 Å². The summed E-state index contributed by atoms with van der Waals surface area (Å²) in [7, 11) is -3.35. The molecule has 4 rings (SSSR count). The Kier molecular flexibility index (Phi) is 6.28. The Morgan fingerprint density at radius 3 is 2.09 bits per heavy atom. The Hall–Kier alpha value is -2.78. The summed E-state index contributed by atoms with van der Waals surface area (Å²) in [6, 6.07) is 0.748. The van der Waals surface area contributed by atoms with E-state index in [0.29, 0.717) is 26.3 Å². The van der Waals surface area contributed by atoms with Crippen LogP contribution >= 0.6 is 0 Å². The monoisotopic (exact) mass is 488 g/mol. The zero-order valence-corrected chi connectivity index (χ0v) is 18.6.